The number of thiazole rings is 1. The van der Waals surface area contributed by atoms with Gasteiger partial charge in [0.2, 0.25) is 5.88 Å². The molecule has 0 atom stereocenters. The van der Waals surface area contributed by atoms with Gasteiger partial charge in [-0.25, -0.2) is 4.98 Å². The first kappa shape index (κ1) is 20.2. The van der Waals surface area contributed by atoms with Crippen molar-refractivity contribution < 1.29 is 44.2 Å². The van der Waals surface area contributed by atoms with Crippen LogP contribution in [-0.2, 0) is 6.61 Å². The molecule has 1 heterocycles. The average molecular weight is 402 g/mol. The number of hydrogen-bond acceptors (Lipinski definition) is 5. The summed E-state index contributed by atoms with van der Waals surface area (Å²) in [6.45, 7) is 0.115. The Morgan fingerprint density at radius 3 is 2.44 bits per heavy atom. The maximum absolute atomic E-state index is 11.3. The molecule has 0 amide bonds. The van der Waals surface area contributed by atoms with Crippen LogP contribution in [0, 0.1) is 0 Å². The summed E-state index contributed by atoms with van der Waals surface area (Å²) in [6.07, 6.45) is 0. The van der Waals surface area contributed by atoms with E-state index in [2.05, 4.69) is 4.98 Å². The summed E-state index contributed by atoms with van der Waals surface area (Å²) >= 11 is 12.9. The van der Waals surface area contributed by atoms with Crippen molar-refractivity contribution in [3.63, 3.8) is 0 Å². The van der Waals surface area contributed by atoms with Crippen LogP contribution in [0.5, 0.6) is 5.88 Å². The van der Waals surface area contributed by atoms with Gasteiger partial charge < -0.3 is 14.6 Å². The molecule has 0 spiro atoms. The molecule has 122 valence electrons. The zero-order chi connectivity index (χ0) is 17.1. The molecule has 0 saturated carbocycles. The van der Waals surface area contributed by atoms with Crippen molar-refractivity contribution in [1.82, 2.24) is 4.98 Å². The van der Waals surface area contributed by atoms with Gasteiger partial charge in [-0.1, -0.05) is 53.5 Å². The van der Waals surface area contributed by atoms with Gasteiger partial charge in [-0.3, -0.25) is 0 Å². The molecule has 0 aliphatic heterocycles. The van der Waals surface area contributed by atoms with Crippen molar-refractivity contribution in [2.75, 3.05) is 0 Å². The monoisotopic (exact) mass is 401 g/mol. The minimum absolute atomic E-state index is 0. The fourth-order valence-corrected chi connectivity index (χ4v) is 3.18. The number of rotatable bonds is 5. The average Bonchev–Trinajstić information content (AvgIpc) is 2.99. The number of halogens is 2. The zero-order valence-corrected chi connectivity index (χ0v) is 17.5. The van der Waals surface area contributed by atoms with Crippen LogP contribution in [0.25, 0.3) is 10.6 Å². The van der Waals surface area contributed by atoms with Crippen molar-refractivity contribution >= 4 is 40.5 Å². The molecule has 0 radical (unpaired) electrons. The first-order valence-corrected chi connectivity index (χ1v) is 8.46. The third-order valence-electron chi connectivity index (χ3n) is 3.19. The van der Waals surface area contributed by atoms with Crippen LogP contribution < -0.4 is 39.4 Å². The van der Waals surface area contributed by atoms with E-state index in [1.807, 2.05) is 6.07 Å². The van der Waals surface area contributed by atoms with E-state index in [0.717, 1.165) is 22.5 Å². The normalized spacial score (nSPS) is 10.2. The van der Waals surface area contributed by atoms with Crippen molar-refractivity contribution in [3.05, 3.63) is 69.0 Å². The molecule has 0 aliphatic carbocycles. The van der Waals surface area contributed by atoms with E-state index in [9.17, 15) is 9.90 Å². The van der Waals surface area contributed by atoms with Crippen LogP contribution >= 0.6 is 34.5 Å². The van der Waals surface area contributed by atoms with Gasteiger partial charge in [0.15, 0.2) is 0 Å². The Labute approximate surface area is 180 Å². The standard InChI is InChI=1S/C17H11Cl2NO3S.Na/c18-12-7-5-10(6-8-12)16-20-15(14(24-16)17(21)22)23-9-11-3-1-2-4-13(11)19;/h1-8H,9H2,(H,21,22);/q;+1/p-1. The summed E-state index contributed by atoms with van der Waals surface area (Å²) in [6, 6.07) is 14.1. The molecule has 0 aliphatic rings. The summed E-state index contributed by atoms with van der Waals surface area (Å²) < 4.78 is 5.56. The number of carbonyl (C=O) groups is 1. The molecule has 4 nitrogen and oxygen atoms in total. The molecule has 1 aromatic heterocycles. The van der Waals surface area contributed by atoms with E-state index in [1.54, 1.807) is 42.5 Å². The van der Waals surface area contributed by atoms with Gasteiger partial charge in [0.25, 0.3) is 0 Å². The van der Waals surface area contributed by atoms with Crippen LogP contribution in [0.1, 0.15) is 15.2 Å². The quantitative estimate of drug-likeness (QED) is 0.599. The molecule has 2 aromatic carbocycles. The molecule has 0 saturated heterocycles. The van der Waals surface area contributed by atoms with E-state index in [4.69, 9.17) is 27.9 Å². The summed E-state index contributed by atoms with van der Waals surface area (Å²) in [5.74, 6) is -1.31. The first-order valence-electron chi connectivity index (χ1n) is 6.89. The maximum Gasteiger partial charge on any atom is 1.00 e. The number of carboxylic acids is 1. The maximum atomic E-state index is 11.3. The van der Waals surface area contributed by atoms with Gasteiger partial charge in [-0.05, 0) is 18.2 Å². The van der Waals surface area contributed by atoms with Crippen molar-refractivity contribution in [1.29, 1.82) is 0 Å². The van der Waals surface area contributed by atoms with Gasteiger partial charge in [-0.2, -0.15) is 0 Å². The Balaban J connectivity index is 0.00000225. The minimum Gasteiger partial charge on any atom is -0.544 e. The van der Waals surface area contributed by atoms with Crippen molar-refractivity contribution in [2.45, 2.75) is 6.61 Å². The van der Waals surface area contributed by atoms with Gasteiger partial charge in [-0.15, -0.1) is 11.3 Å². The number of hydrogen-bond donors (Lipinski definition) is 0. The Morgan fingerprint density at radius 2 is 1.80 bits per heavy atom. The summed E-state index contributed by atoms with van der Waals surface area (Å²) in [5, 5.41) is 13.0. The Morgan fingerprint density at radius 1 is 1.12 bits per heavy atom. The molecule has 0 unspecified atom stereocenters. The summed E-state index contributed by atoms with van der Waals surface area (Å²) in [4.78, 5) is 15.5. The first-order chi connectivity index (χ1) is 11.5. The predicted molar refractivity (Wildman–Crippen MR) is 92.7 cm³/mol. The topological polar surface area (TPSA) is 62.2 Å². The second-order valence-corrected chi connectivity index (χ2v) is 6.67. The Hall–Kier alpha value is -1.08. The third kappa shape index (κ3) is 4.97. The molecule has 0 fully saturated rings. The largest absolute Gasteiger partial charge is 1.00 e. The third-order valence-corrected chi connectivity index (χ3v) is 4.88. The fraction of sp³-hybridized carbons (Fsp3) is 0.0588. The summed E-state index contributed by atoms with van der Waals surface area (Å²) in [5.41, 5.74) is 1.49. The van der Waals surface area contributed by atoms with E-state index in [-0.39, 0.29) is 46.9 Å². The molecule has 0 N–H and O–H groups in total. The van der Waals surface area contributed by atoms with Crippen LogP contribution in [0.4, 0.5) is 0 Å². The molecule has 3 rings (SSSR count). The second kappa shape index (κ2) is 9.03. The predicted octanol–water partition coefficient (Wildman–Crippen LogP) is 1.06. The van der Waals surface area contributed by atoms with Crippen molar-refractivity contribution in [2.24, 2.45) is 0 Å². The van der Waals surface area contributed by atoms with Crippen LogP contribution in [0.3, 0.4) is 0 Å². The zero-order valence-electron chi connectivity index (χ0n) is 13.2. The van der Waals surface area contributed by atoms with Gasteiger partial charge >= 0.3 is 29.6 Å². The van der Waals surface area contributed by atoms with Crippen LogP contribution in [0.15, 0.2) is 48.5 Å². The van der Waals surface area contributed by atoms with Crippen LogP contribution in [-0.4, -0.2) is 11.0 Å². The molecule has 0 bridgehead atoms. The number of carboxylic acid groups (broad SMARTS) is 1. The second-order valence-electron chi connectivity index (χ2n) is 4.83. The number of aromatic carboxylic acids is 1. The van der Waals surface area contributed by atoms with Crippen LogP contribution in [0.2, 0.25) is 10.0 Å². The molecular weight excluding hydrogens is 392 g/mol. The Kier molecular flexibility index (Phi) is 7.31. The van der Waals surface area contributed by atoms with Gasteiger partial charge in [0.05, 0.1) is 5.97 Å². The fourth-order valence-electron chi connectivity index (χ4n) is 2.01. The molecule has 3 aromatic rings. The minimum atomic E-state index is -1.33. The Bertz CT molecular complexity index is 884. The van der Waals surface area contributed by atoms with Gasteiger partial charge in [0.1, 0.15) is 16.5 Å². The van der Waals surface area contributed by atoms with E-state index >= 15 is 0 Å². The number of benzene rings is 2. The molecule has 25 heavy (non-hydrogen) atoms. The smallest absolute Gasteiger partial charge is 0.544 e. The van der Waals surface area contributed by atoms with Crippen molar-refractivity contribution in [3.8, 4) is 16.5 Å². The molecular formula is C17H10Cl2NNaO3S. The SMILES string of the molecule is O=C([O-])c1sc(-c2ccc(Cl)cc2)nc1OCc1ccccc1Cl.[Na+]. The number of ether oxygens (including phenoxy) is 1. The number of nitrogens with zero attached hydrogens (tertiary/aromatic N) is 1. The summed E-state index contributed by atoms with van der Waals surface area (Å²) in [7, 11) is 0. The van der Waals surface area contributed by atoms with E-state index in [1.165, 1.54) is 0 Å². The van der Waals surface area contributed by atoms with E-state index in [0.29, 0.717) is 15.1 Å². The number of aromatic nitrogens is 1. The molecule has 8 heteroatoms. The van der Waals surface area contributed by atoms with E-state index < -0.39 is 5.97 Å². The van der Waals surface area contributed by atoms with Gasteiger partial charge in [0, 0.05) is 21.2 Å². The number of carbonyl (C=O) groups excluding carboxylic acids is 1.